The smallest absolute Gasteiger partial charge is 0.279 e. The number of rotatable bonds is 7. The van der Waals surface area contributed by atoms with Crippen molar-refractivity contribution in [1.29, 1.82) is 0 Å². The Bertz CT molecular complexity index is 537. The number of nitrogens with one attached hydrogen (secondary N) is 2. The number of quaternary nitrogens is 1. The van der Waals surface area contributed by atoms with E-state index in [0.29, 0.717) is 6.54 Å². The van der Waals surface area contributed by atoms with Gasteiger partial charge in [-0.15, -0.1) is 0 Å². The Balaban J connectivity index is 1.73. The predicted octanol–water partition coefficient (Wildman–Crippen LogP) is 0.551. The summed E-state index contributed by atoms with van der Waals surface area (Å²) in [5.74, 6) is 0.938. The number of hydrogen-bond donors (Lipinski definition) is 2. The molecule has 0 saturated carbocycles. The zero-order chi connectivity index (χ0) is 17.4. The van der Waals surface area contributed by atoms with E-state index in [1.165, 1.54) is 4.90 Å². The highest BCUT2D eigenvalue weighted by Crippen LogP contribution is 2.15. The van der Waals surface area contributed by atoms with Crippen LogP contribution in [-0.2, 0) is 9.59 Å². The molecule has 0 aliphatic carbocycles. The third kappa shape index (κ3) is 5.85. The number of amides is 2. The van der Waals surface area contributed by atoms with Crippen LogP contribution in [0.1, 0.15) is 26.7 Å². The van der Waals surface area contributed by atoms with Gasteiger partial charge in [0.2, 0.25) is 5.91 Å². The highest BCUT2D eigenvalue weighted by molar-refractivity contribution is 5.91. The third-order valence-corrected chi connectivity index (χ3v) is 4.23. The van der Waals surface area contributed by atoms with E-state index in [9.17, 15) is 9.59 Å². The summed E-state index contributed by atoms with van der Waals surface area (Å²) in [6, 6.07) is 7.48. The van der Waals surface area contributed by atoms with Gasteiger partial charge in [0.05, 0.1) is 32.8 Å². The first-order chi connectivity index (χ1) is 11.6. The number of anilines is 1. The molecule has 0 spiro atoms. The number of piperazine rings is 1. The molecule has 2 N–H and O–H groups in total. The molecule has 1 heterocycles. The van der Waals surface area contributed by atoms with Crippen LogP contribution >= 0.6 is 0 Å². The van der Waals surface area contributed by atoms with Crippen molar-refractivity contribution >= 4 is 17.5 Å². The van der Waals surface area contributed by atoms with Gasteiger partial charge in [0.25, 0.3) is 5.91 Å². The predicted molar refractivity (Wildman–Crippen MR) is 93.3 cm³/mol. The lowest BCUT2D eigenvalue weighted by atomic mass is 10.3. The van der Waals surface area contributed by atoms with Gasteiger partial charge in [0, 0.05) is 12.6 Å². The molecule has 6 heteroatoms. The number of unbranched alkanes of at least 4 members (excludes halogenated alkanes) is 1. The minimum absolute atomic E-state index is 0.000858. The molecule has 6 nitrogen and oxygen atoms in total. The zero-order valence-corrected chi connectivity index (χ0v) is 14.6. The number of nitrogens with zero attached hydrogens (tertiary/aromatic N) is 1. The molecule has 24 heavy (non-hydrogen) atoms. The second kappa shape index (κ2) is 9.27. The Hall–Kier alpha value is -2.08. The van der Waals surface area contributed by atoms with Gasteiger partial charge in [-0.2, -0.15) is 0 Å². The lowest BCUT2D eigenvalue weighted by Gasteiger charge is -2.31. The molecule has 2 rings (SSSR count). The zero-order valence-electron chi connectivity index (χ0n) is 14.6. The minimum atomic E-state index is 0.000858. The van der Waals surface area contributed by atoms with Gasteiger partial charge in [-0.05, 0) is 30.7 Å². The molecular formula is C18H28N3O3+. The van der Waals surface area contributed by atoms with Crippen molar-refractivity contribution in [2.75, 3.05) is 44.6 Å². The van der Waals surface area contributed by atoms with Gasteiger partial charge in [-0.1, -0.05) is 13.3 Å². The molecule has 1 aromatic carbocycles. The summed E-state index contributed by atoms with van der Waals surface area (Å²) < 4.78 is 5.61. The average molecular weight is 334 g/mol. The monoisotopic (exact) mass is 334 g/mol. The summed E-state index contributed by atoms with van der Waals surface area (Å²) in [6.45, 7) is 7.95. The summed E-state index contributed by atoms with van der Waals surface area (Å²) in [5.41, 5.74) is 0.782. The number of carbonyl (C=O) groups is 2. The Morgan fingerprint density at radius 1 is 1.21 bits per heavy atom. The van der Waals surface area contributed by atoms with Gasteiger partial charge >= 0.3 is 0 Å². The van der Waals surface area contributed by atoms with Gasteiger partial charge in [0.1, 0.15) is 5.75 Å². The third-order valence-electron chi connectivity index (χ3n) is 4.23. The second-order valence-electron chi connectivity index (χ2n) is 6.21. The summed E-state index contributed by atoms with van der Waals surface area (Å²) in [4.78, 5) is 26.5. The maximum absolute atomic E-state index is 12.1. The van der Waals surface area contributed by atoms with Crippen LogP contribution < -0.4 is 15.0 Å². The molecule has 1 saturated heterocycles. The lowest BCUT2D eigenvalue weighted by molar-refractivity contribution is -0.895. The summed E-state index contributed by atoms with van der Waals surface area (Å²) >= 11 is 0. The van der Waals surface area contributed by atoms with Gasteiger partial charge in [0.15, 0.2) is 6.54 Å². The molecule has 2 amide bonds. The van der Waals surface area contributed by atoms with E-state index in [4.69, 9.17) is 4.74 Å². The highest BCUT2D eigenvalue weighted by atomic mass is 16.5. The first kappa shape index (κ1) is 18.3. The Kier molecular flexibility index (Phi) is 7.06. The fourth-order valence-electron chi connectivity index (χ4n) is 2.72. The fourth-order valence-corrected chi connectivity index (χ4v) is 2.72. The largest absolute Gasteiger partial charge is 0.494 e. The number of hydrogen-bond acceptors (Lipinski definition) is 3. The number of benzene rings is 1. The Morgan fingerprint density at radius 3 is 2.46 bits per heavy atom. The maximum Gasteiger partial charge on any atom is 0.279 e. The molecule has 0 atom stereocenters. The summed E-state index contributed by atoms with van der Waals surface area (Å²) in [5, 5.41) is 2.92. The van der Waals surface area contributed by atoms with Gasteiger partial charge in [-0.3, -0.25) is 9.59 Å². The molecule has 0 bridgehead atoms. The Labute approximate surface area is 143 Å². The molecule has 1 fully saturated rings. The van der Waals surface area contributed by atoms with Gasteiger partial charge < -0.3 is 19.9 Å². The van der Waals surface area contributed by atoms with E-state index in [1.54, 1.807) is 6.92 Å². The second-order valence-corrected chi connectivity index (χ2v) is 6.21. The number of ether oxygens (including phenoxy) is 1. The SMILES string of the molecule is CCCCOc1ccc(NC(=O)C[NH+]2CCN(C(C)=O)CC2)cc1. The van der Waals surface area contributed by atoms with E-state index in [2.05, 4.69) is 12.2 Å². The fraction of sp³-hybridized carbons (Fsp3) is 0.556. The molecule has 0 radical (unpaired) electrons. The van der Waals surface area contributed by atoms with Crippen molar-refractivity contribution in [1.82, 2.24) is 4.90 Å². The van der Waals surface area contributed by atoms with Crippen LogP contribution in [0.5, 0.6) is 5.75 Å². The lowest BCUT2D eigenvalue weighted by Crippen LogP contribution is -3.15. The van der Waals surface area contributed by atoms with E-state index in [1.807, 2.05) is 29.2 Å². The maximum atomic E-state index is 12.1. The van der Waals surface area contributed by atoms with Crippen LogP contribution in [0.2, 0.25) is 0 Å². The first-order valence-electron chi connectivity index (χ1n) is 8.70. The van der Waals surface area contributed by atoms with Crippen LogP contribution in [0.3, 0.4) is 0 Å². The van der Waals surface area contributed by atoms with Crippen molar-refractivity contribution in [3.05, 3.63) is 24.3 Å². The molecular weight excluding hydrogens is 306 g/mol. The molecule has 1 aliphatic rings. The van der Waals surface area contributed by atoms with E-state index in [-0.39, 0.29) is 11.8 Å². The van der Waals surface area contributed by atoms with Gasteiger partial charge in [-0.25, -0.2) is 0 Å². The molecule has 0 unspecified atom stereocenters. The van der Waals surface area contributed by atoms with E-state index >= 15 is 0 Å². The minimum Gasteiger partial charge on any atom is -0.494 e. The van der Waals surface area contributed by atoms with E-state index < -0.39 is 0 Å². The van der Waals surface area contributed by atoms with Crippen molar-refractivity contribution < 1.29 is 19.2 Å². The van der Waals surface area contributed by atoms with Crippen molar-refractivity contribution in [2.45, 2.75) is 26.7 Å². The van der Waals surface area contributed by atoms with Crippen LogP contribution in [0.15, 0.2) is 24.3 Å². The Morgan fingerprint density at radius 2 is 1.88 bits per heavy atom. The van der Waals surface area contributed by atoms with Crippen molar-refractivity contribution in [3.8, 4) is 5.75 Å². The highest BCUT2D eigenvalue weighted by Gasteiger charge is 2.23. The van der Waals surface area contributed by atoms with Crippen LogP contribution in [0.4, 0.5) is 5.69 Å². The van der Waals surface area contributed by atoms with Crippen LogP contribution in [-0.4, -0.2) is 56.0 Å². The standard InChI is InChI=1S/C18H27N3O3/c1-3-4-13-24-17-7-5-16(6-8-17)19-18(23)14-20-9-11-21(12-10-20)15(2)22/h5-8H,3-4,9-14H2,1-2H3,(H,19,23)/p+1. The molecule has 1 aromatic rings. The molecule has 1 aliphatic heterocycles. The van der Waals surface area contributed by atoms with Crippen LogP contribution in [0, 0.1) is 0 Å². The molecule has 132 valence electrons. The average Bonchev–Trinajstić information content (AvgIpc) is 2.57. The normalized spacial score (nSPS) is 15.2. The van der Waals surface area contributed by atoms with Crippen LogP contribution in [0.25, 0.3) is 0 Å². The summed E-state index contributed by atoms with van der Waals surface area (Å²) in [7, 11) is 0. The number of carbonyl (C=O) groups excluding carboxylic acids is 2. The quantitative estimate of drug-likeness (QED) is 0.716. The van der Waals surface area contributed by atoms with Crippen molar-refractivity contribution in [2.24, 2.45) is 0 Å². The molecule has 0 aromatic heterocycles. The first-order valence-corrected chi connectivity index (χ1v) is 8.70. The summed E-state index contributed by atoms with van der Waals surface area (Å²) in [6.07, 6.45) is 2.15. The van der Waals surface area contributed by atoms with E-state index in [0.717, 1.165) is 57.1 Å². The topological polar surface area (TPSA) is 63.1 Å². The van der Waals surface area contributed by atoms with Crippen molar-refractivity contribution in [3.63, 3.8) is 0 Å².